The molecule has 0 aliphatic carbocycles. The first kappa shape index (κ1) is 19.7. The van der Waals surface area contributed by atoms with Crippen LogP contribution in [-0.4, -0.2) is 91.2 Å². The maximum absolute atomic E-state index is 14.4. The van der Waals surface area contributed by atoms with Crippen LogP contribution in [-0.2, 0) is 14.3 Å². The maximum Gasteiger partial charge on any atom is 0.338 e. The van der Waals surface area contributed by atoms with Crippen molar-refractivity contribution in [2.75, 3.05) is 6.61 Å². The number of carbonyl (C=O) groups is 2. The number of ether oxygens (including phenoxy) is 1. The number of carboxylic acid groups (broad SMARTS) is 1. The molecular formula is C12H21FN2O8. The topological polar surface area (TPSA) is 174 Å². The molecule has 10 nitrogen and oxygen atoms in total. The van der Waals surface area contributed by atoms with Gasteiger partial charge in [-0.2, -0.15) is 5.12 Å². The molecule has 0 aromatic rings. The van der Waals surface area contributed by atoms with Gasteiger partial charge in [-0.15, -0.1) is 0 Å². The molecule has 1 amide bonds. The van der Waals surface area contributed by atoms with Crippen LogP contribution in [0.1, 0.15) is 13.8 Å². The highest BCUT2D eigenvalue weighted by Gasteiger charge is 2.63. The fourth-order valence-corrected chi connectivity index (χ4v) is 2.69. The minimum atomic E-state index is -2.97. The Morgan fingerprint density at radius 1 is 1.39 bits per heavy atom. The number of nitrogens with two attached hydrogens (primary N) is 1. The van der Waals surface area contributed by atoms with E-state index in [1.165, 1.54) is 0 Å². The molecular weight excluding hydrogens is 319 g/mol. The van der Waals surface area contributed by atoms with Crippen LogP contribution in [0.15, 0.2) is 0 Å². The largest absolute Gasteiger partial charge is 0.479 e. The highest BCUT2D eigenvalue weighted by Crippen LogP contribution is 2.35. The fourth-order valence-electron chi connectivity index (χ4n) is 2.69. The minimum Gasteiger partial charge on any atom is -0.479 e. The van der Waals surface area contributed by atoms with Gasteiger partial charge in [-0.3, -0.25) is 4.79 Å². The minimum absolute atomic E-state index is 0.725. The van der Waals surface area contributed by atoms with Crippen LogP contribution in [0.25, 0.3) is 0 Å². The van der Waals surface area contributed by atoms with E-state index < -0.39 is 65.7 Å². The van der Waals surface area contributed by atoms with Crippen molar-refractivity contribution in [3.8, 4) is 0 Å². The number of nitrogens with zero attached hydrogens (tertiary/aromatic N) is 1. The van der Waals surface area contributed by atoms with Crippen LogP contribution >= 0.6 is 0 Å². The van der Waals surface area contributed by atoms with Gasteiger partial charge in [-0.25, -0.2) is 4.79 Å². The highest BCUT2D eigenvalue weighted by molar-refractivity contribution is 5.87. The first-order valence-corrected chi connectivity index (χ1v) is 6.79. The number of aliphatic hydroxyl groups is 4. The number of halogens is 1. The van der Waals surface area contributed by atoms with Gasteiger partial charge in [0.2, 0.25) is 11.4 Å². The number of amides is 1. The van der Waals surface area contributed by atoms with Crippen molar-refractivity contribution in [3.05, 3.63) is 0 Å². The number of rotatable bonds is 5. The lowest BCUT2D eigenvalue weighted by Gasteiger charge is -2.49. The van der Waals surface area contributed by atoms with E-state index in [1.54, 1.807) is 0 Å². The van der Waals surface area contributed by atoms with E-state index in [2.05, 4.69) is 0 Å². The third-order valence-corrected chi connectivity index (χ3v) is 3.99. The third-order valence-electron chi connectivity index (χ3n) is 3.99. The average Bonchev–Trinajstić information content (AvgIpc) is 2.46. The molecule has 1 unspecified atom stereocenters. The lowest BCUT2D eigenvalue weighted by Crippen LogP contribution is -2.76. The molecule has 0 aromatic carbocycles. The molecule has 7 N–H and O–H groups in total. The molecule has 0 aromatic heterocycles. The lowest BCUT2D eigenvalue weighted by molar-refractivity contribution is -0.257. The van der Waals surface area contributed by atoms with E-state index in [1.807, 2.05) is 0 Å². The molecule has 0 saturated carbocycles. The zero-order valence-electron chi connectivity index (χ0n) is 12.5. The summed E-state index contributed by atoms with van der Waals surface area (Å²) < 4.78 is 19.5. The van der Waals surface area contributed by atoms with Gasteiger partial charge in [0.05, 0.1) is 18.8 Å². The predicted octanol–water partition coefficient (Wildman–Crippen LogP) is -3.27. The number of carboxylic acids is 1. The zero-order chi connectivity index (χ0) is 18.1. The molecule has 11 heteroatoms. The van der Waals surface area contributed by atoms with Gasteiger partial charge in [0, 0.05) is 6.92 Å². The van der Waals surface area contributed by atoms with Gasteiger partial charge in [0.1, 0.15) is 24.4 Å². The number of hydrogen-bond donors (Lipinski definition) is 6. The summed E-state index contributed by atoms with van der Waals surface area (Å²) >= 11 is 0. The Kier molecular flexibility index (Phi) is 6.01. The van der Waals surface area contributed by atoms with Gasteiger partial charge in [0.15, 0.2) is 0 Å². The predicted molar refractivity (Wildman–Crippen MR) is 71.4 cm³/mol. The van der Waals surface area contributed by atoms with E-state index in [0.717, 1.165) is 13.8 Å². The van der Waals surface area contributed by atoms with Gasteiger partial charge in [-0.1, -0.05) is 4.48 Å². The number of aliphatic hydroxyl groups excluding tert-OH is 4. The van der Waals surface area contributed by atoms with Crippen molar-refractivity contribution in [3.63, 3.8) is 0 Å². The SMILES string of the molecule is CC(=O)N(F)[C@@](C(=O)O)(C1O[C@H](CO)[C@@H](O)[C@H](O)[C@H]1N)[C@@H](C)O. The Balaban J connectivity index is 3.46. The van der Waals surface area contributed by atoms with Gasteiger partial charge >= 0.3 is 5.97 Å². The number of hydrogen-bond acceptors (Lipinski definition) is 8. The second kappa shape index (κ2) is 7.03. The van der Waals surface area contributed by atoms with Gasteiger partial charge < -0.3 is 36.0 Å². The smallest absolute Gasteiger partial charge is 0.338 e. The molecule has 1 aliphatic heterocycles. The van der Waals surface area contributed by atoms with Crippen LogP contribution in [0.5, 0.6) is 0 Å². The summed E-state index contributed by atoms with van der Waals surface area (Å²) in [5.41, 5.74) is 2.66. The van der Waals surface area contributed by atoms with Gasteiger partial charge in [-0.05, 0) is 6.92 Å². The first-order chi connectivity index (χ1) is 10.5. The third kappa shape index (κ3) is 3.03. The van der Waals surface area contributed by atoms with E-state index in [9.17, 15) is 34.5 Å². The normalized spacial score (nSPS) is 35.2. The average molecular weight is 340 g/mol. The Hall–Kier alpha value is -1.37. The molecule has 0 radical (unpaired) electrons. The van der Waals surface area contributed by atoms with Crippen LogP contribution in [0.3, 0.4) is 0 Å². The molecule has 23 heavy (non-hydrogen) atoms. The molecule has 1 saturated heterocycles. The molecule has 0 spiro atoms. The summed E-state index contributed by atoms with van der Waals surface area (Å²) in [6, 6.07) is -1.66. The molecule has 1 heterocycles. The Morgan fingerprint density at radius 3 is 2.26 bits per heavy atom. The molecule has 1 rings (SSSR count). The van der Waals surface area contributed by atoms with Crippen LogP contribution in [0.4, 0.5) is 4.48 Å². The summed E-state index contributed by atoms with van der Waals surface area (Å²) in [5, 5.41) is 47.4. The molecule has 1 aliphatic rings. The molecule has 1 fully saturated rings. The number of carbonyl (C=O) groups excluding carboxylic acids is 1. The van der Waals surface area contributed by atoms with Crippen LogP contribution in [0.2, 0.25) is 0 Å². The second-order valence-corrected chi connectivity index (χ2v) is 5.44. The zero-order valence-corrected chi connectivity index (χ0v) is 12.5. The van der Waals surface area contributed by atoms with E-state index in [4.69, 9.17) is 15.6 Å². The fraction of sp³-hybridized carbons (Fsp3) is 0.833. The van der Waals surface area contributed by atoms with Gasteiger partial charge in [0.25, 0.3) is 0 Å². The maximum atomic E-state index is 14.4. The quantitative estimate of drug-likeness (QED) is 0.281. The van der Waals surface area contributed by atoms with Crippen molar-refractivity contribution in [1.82, 2.24) is 5.12 Å². The summed E-state index contributed by atoms with van der Waals surface area (Å²) in [4.78, 5) is 23.1. The van der Waals surface area contributed by atoms with Crippen molar-refractivity contribution in [1.29, 1.82) is 0 Å². The first-order valence-electron chi connectivity index (χ1n) is 6.79. The van der Waals surface area contributed by atoms with Crippen molar-refractivity contribution in [2.24, 2.45) is 5.73 Å². The van der Waals surface area contributed by atoms with Crippen molar-refractivity contribution < 1.29 is 44.3 Å². The Morgan fingerprint density at radius 2 is 1.91 bits per heavy atom. The molecule has 134 valence electrons. The summed E-state index contributed by atoms with van der Waals surface area (Å²) in [5.74, 6) is -3.31. The lowest BCUT2D eigenvalue weighted by atomic mass is 9.77. The number of aliphatic carboxylic acids is 1. The van der Waals surface area contributed by atoms with E-state index in [-0.39, 0.29) is 0 Å². The van der Waals surface area contributed by atoms with Crippen LogP contribution in [0, 0.1) is 0 Å². The summed E-state index contributed by atoms with van der Waals surface area (Å²) in [6.07, 6.45) is -8.84. The van der Waals surface area contributed by atoms with Crippen molar-refractivity contribution in [2.45, 2.75) is 55.9 Å². The van der Waals surface area contributed by atoms with Crippen LogP contribution < -0.4 is 5.73 Å². The second-order valence-electron chi connectivity index (χ2n) is 5.44. The molecule has 0 bridgehead atoms. The Bertz CT molecular complexity index is 462. The summed E-state index contributed by atoms with van der Waals surface area (Å²) in [7, 11) is 0. The van der Waals surface area contributed by atoms with E-state index in [0.29, 0.717) is 0 Å². The van der Waals surface area contributed by atoms with E-state index >= 15 is 0 Å². The van der Waals surface area contributed by atoms with Crippen molar-refractivity contribution >= 4 is 11.9 Å². The monoisotopic (exact) mass is 340 g/mol. The Labute approximate surface area is 130 Å². The molecule has 7 atom stereocenters. The standard InChI is InChI=1S/C12H21FN2O8/c1-4(17)12(11(21)22,15(13)5(2)18)10-7(14)9(20)8(19)6(3-16)23-10/h4,6-10,16-17,19-20H,3,14H2,1-2H3,(H,21,22)/t4-,6-,7-,8-,9-,10?,12-/m1/s1. The highest BCUT2D eigenvalue weighted by atomic mass is 19.2. The summed E-state index contributed by atoms with van der Waals surface area (Å²) in [6.45, 7) is 0.803.